The van der Waals surface area contributed by atoms with Gasteiger partial charge in [0, 0.05) is 31.7 Å². The first kappa shape index (κ1) is 17.4. The van der Waals surface area contributed by atoms with Crippen LogP contribution >= 0.6 is 0 Å². The van der Waals surface area contributed by atoms with Gasteiger partial charge in [-0.15, -0.1) is 0 Å². The zero-order valence-corrected chi connectivity index (χ0v) is 13.8. The number of guanidine groups is 1. The van der Waals surface area contributed by atoms with Crippen molar-refractivity contribution in [1.82, 2.24) is 15.5 Å². The molecule has 1 heterocycles. The Morgan fingerprint density at radius 2 is 1.95 bits per heavy atom. The van der Waals surface area contributed by atoms with E-state index >= 15 is 0 Å². The molecule has 2 fully saturated rings. The van der Waals surface area contributed by atoms with E-state index in [2.05, 4.69) is 22.5 Å². The summed E-state index contributed by atoms with van der Waals surface area (Å²) in [5.74, 6) is 1.69. The highest BCUT2D eigenvalue weighted by Gasteiger charge is 2.37. The molecule has 1 aliphatic carbocycles. The van der Waals surface area contributed by atoms with Gasteiger partial charge in [0.2, 0.25) is 0 Å². The number of alkyl halides is 2. The van der Waals surface area contributed by atoms with Crippen LogP contribution in [0.3, 0.4) is 0 Å². The van der Waals surface area contributed by atoms with Gasteiger partial charge >= 0.3 is 0 Å². The molecular weight excluding hydrogens is 286 g/mol. The van der Waals surface area contributed by atoms with E-state index in [1.165, 1.54) is 19.3 Å². The minimum atomic E-state index is -2.23. The number of likely N-dealkylation sites (tertiary alicyclic amines) is 1. The second-order valence-corrected chi connectivity index (χ2v) is 6.47. The summed E-state index contributed by atoms with van der Waals surface area (Å²) in [5.41, 5.74) is 0. The van der Waals surface area contributed by atoms with E-state index in [4.69, 9.17) is 0 Å². The number of nitrogens with zero attached hydrogens (tertiary/aromatic N) is 2. The summed E-state index contributed by atoms with van der Waals surface area (Å²) in [6, 6.07) is 0.909. The average molecular weight is 316 g/mol. The predicted molar refractivity (Wildman–Crippen MR) is 86.5 cm³/mol. The van der Waals surface area contributed by atoms with E-state index in [1.807, 2.05) is 11.8 Å². The molecule has 0 bridgehead atoms. The number of halogens is 2. The summed E-state index contributed by atoms with van der Waals surface area (Å²) in [7, 11) is 0. The fourth-order valence-corrected chi connectivity index (χ4v) is 3.23. The highest BCUT2D eigenvalue weighted by Crippen LogP contribution is 2.34. The third kappa shape index (κ3) is 5.71. The Bertz CT molecular complexity index is 354. The van der Waals surface area contributed by atoms with E-state index in [0.717, 1.165) is 44.4 Å². The van der Waals surface area contributed by atoms with Gasteiger partial charge in [0.15, 0.2) is 5.96 Å². The Morgan fingerprint density at radius 3 is 2.55 bits per heavy atom. The zero-order chi connectivity index (χ0) is 15.9. The number of hydrogen-bond donors (Lipinski definition) is 2. The number of hydrogen-bond acceptors (Lipinski definition) is 2. The fraction of sp³-hybridized carbons (Fsp3) is 0.938. The molecule has 128 valence electrons. The van der Waals surface area contributed by atoms with Crippen molar-refractivity contribution in [1.29, 1.82) is 0 Å². The molecule has 2 N–H and O–H groups in total. The Kier molecular flexibility index (Phi) is 6.86. The van der Waals surface area contributed by atoms with Crippen molar-refractivity contribution in [3.8, 4) is 0 Å². The Labute approximate surface area is 132 Å². The maximum Gasteiger partial charge on any atom is 0.251 e. The molecule has 4 nitrogen and oxygen atoms in total. The lowest BCUT2D eigenvalue weighted by Gasteiger charge is -2.32. The van der Waals surface area contributed by atoms with Gasteiger partial charge in [-0.3, -0.25) is 9.89 Å². The Hall–Kier alpha value is -0.910. The molecule has 2 atom stereocenters. The molecular formula is C16H30F2N4. The van der Waals surface area contributed by atoms with E-state index < -0.39 is 6.43 Å². The van der Waals surface area contributed by atoms with Crippen molar-refractivity contribution in [2.45, 2.75) is 64.5 Å². The van der Waals surface area contributed by atoms with Crippen LogP contribution in [0.5, 0.6) is 0 Å². The lowest BCUT2D eigenvalue weighted by atomic mass is 10.1. The highest BCUT2D eigenvalue weighted by atomic mass is 19.3. The molecule has 2 unspecified atom stereocenters. The van der Waals surface area contributed by atoms with Crippen LogP contribution in [0, 0.1) is 5.92 Å². The molecule has 0 amide bonds. The summed E-state index contributed by atoms with van der Waals surface area (Å²) < 4.78 is 24.8. The minimum absolute atomic E-state index is 0.0956. The highest BCUT2D eigenvalue weighted by molar-refractivity contribution is 5.80. The van der Waals surface area contributed by atoms with Gasteiger partial charge in [-0.2, -0.15) is 0 Å². The van der Waals surface area contributed by atoms with Gasteiger partial charge in [0.25, 0.3) is 6.43 Å². The van der Waals surface area contributed by atoms with E-state index in [1.54, 1.807) is 0 Å². The topological polar surface area (TPSA) is 39.7 Å². The lowest BCUT2D eigenvalue weighted by molar-refractivity contribution is 0.0744. The van der Waals surface area contributed by atoms with Crippen molar-refractivity contribution in [3.63, 3.8) is 0 Å². The monoisotopic (exact) mass is 316 g/mol. The van der Waals surface area contributed by atoms with Gasteiger partial charge in [-0.25, -0.2) is 8.78 Å². The summed E-state index contributed by atoms with van der Waals surface area (Å²) in [5, 5.41) is 7.01. The zero-order valence-electron chi connectivity index (χ0n) is 13.8. The summed E-state index contributed by atoms with van der Waals surface area (Å²) in [6.45, 7) is 6.39. The second kappa shape index (κ2) is 8.65. The van der Waals surface area contributed by atoms with Crippen molar-refractivity contribution in [3.05, 3.63) is 0 Å². The van der Waals surface area contributed by atoms with Crippen LogP contribution in [-0.2, 0) is 0 Å². The molecule has 0 radical (unpaired) electrons. The van der Waals surface area contributed by atoms with Crippen molar-refractivity contribution < 1.29 is 8.78 Å². The average Bonchev–Trinajstić information content (AvgIpc) is 3.19. The summed E-state index contributed by atoms with van der Waals surface area (Å²) in [6.07, 6.45) is 3.34. The first-order valence-electron chi connectivity index (χ1n) is 8.70. The molecule has 1 aliphatic heterocycles. The molecule has 0 aromatic heterocycles. The molecule has 2 aliphatic rings. The maximum atomic E-state index is 12.4. The Balaban J connectivity index is 1.72. The maximum absolute atomic E-state index is 12.4. The lowest BCUT2D eigenvalue weighted by Crippen LogP contribution is -2.50. The minimum Gasteiger partial charge on any atom is -0.354 e. The number of piperidine rings is 1. The SMILES string of the molecule is CCCC1CC1NC(=NCC)NC1CCN(CC(F)F)CC1. The van der Waals surface area contributed by atoms with Crippen LogP contribution in [0.1, 0.15) is 46.0 Å². The van der Waals surface area contributed by atoms with Crippen LogP contribution in [0.4, 0.5) is 8.78 Å². The predicted octanol–water partition coefficient (Wildman–Crippen LogP) is 2.46. The van der Waals surface area contributed by atoms with Crippen LogP contribution in [0.25, 0.3) is 0 Å². The third-order valence-corrected chi connectivity index (χ3v) is 4.55. The molecule has 6 heteroatoms. The van der Waals surface area contributed by atoms with Crippen molar-refractivity contribution in [2.75, 3.05) is 26.2 Å². The summed E-state index contributed by atoms with van der Waals surface area (Å²) >= 11 is 0. The van der Waals surface area contributed by atoms with Crippen LogP contribution in [0.15, 0.2) is 4.99 Å². The van der Waals surface area contributed by atoms with Crippen LogP contribution in [-0.4, -0.2) is 55.5 Å². The number of nitrogens with one attached hydrogen (secondary N) is 2. The molecule has 0 aromatic carbocycles. The van der Waals surface area contributed by atoms with Gasteiger partial charge in [-0.1, -0.05) is 13.3 Å². The van der Waals surface area contributed by atoms with E-state index in [0.29, 0.717) is 12.1 Å². The summed E-state index contributed by atoms with van der Waals surface area (Å²) in [4.78, 5) is 6.37. The largest absolute Gasteiger partial charge is 0.354 e. The molecule has 0 aromatic rings. The normalized spacial score (nSPS) is 27.2. The third-order valence-electron chi connectivity index (χ3n) is 4.55. The van der Waals surface area contributed by atoms with E-state index in [-0.39, 0.29) is 6.54 Å². The standard InChI is InChI=1S/C16H30F2N4/c1-3-5-12-10-14(12)21-16(19-4-2)20-13-6-8-22(9-7-13)11-15(17)18/h12-15H,3-11H2,1-2H3,(H2,19,20,21). The fourth-order valence-electron chi connectivity index (χ4n) is 3.23. The molecule has 0 spiro atoms. The smallest absolute Gasteiger partial charge is 0.251 e. The molecule has 22 heavy (non-hydrogen) atoms. The van der Waals surface area contributed by atoms with Gasteiger partial charge < -0.3 is 10.6 Å². The number of aliphatic imine (C=N–C) groups is 1. The van der Waals surface area contributed by atoms with Gasteiger partial charge in [0.1, 0.15) is 0 Å². The van der Waals surface area contributed by atoms with Crippen molar-refractivity contribution in [2.24, 2.45) is 10.9 Å². The van der Waals surface area contributed by atoms with E-state index in [9.17, 15) is 8.78 Å². The molecule has 1 saturated carbocycles. The first-order chi connectivity index (χ1) is 10.6. The molecule has 1 saturated heterocycles. The Morgan fingerprint density at radius 1 is 1.23 bits per heavy atom. The van der Waals surface area contributed by atoms with Crippen LogP contribution in [0.2, 0.25) is 0 Å². The molecule has 2 rings (SSSR count). The van der Waals surface area contributed by atoms with Crippen molar-refractivity contribution >= 4 is 5.96 Å². The quantitative estimate of drug-likeness (QED) is 0.560. The van der Waals surface area contributed by atoms with Gasteiger partial charge in [0.05, 0.1) is 6.54 Å². The van der Waals surface area contributed by atoms with Crippen LogP contribution < -0.4 is 10.6 Å². The first-order valence-corrected chi connectivity index (χ1v) is 8.70. The second-order valence-electron chi connectivity index (χ2n) is 6.47. The number of rotatable bonds is 7. The van der Waals surface area contributed by atoms with Gasteiger partial charge in [-0.05, 0) is 38.5 Å².